The molecule has 0 atom stereocenters. The van der Waals surface area contributed by atoms with Gasteiger partial charge in [-0.15, -0.1) is 0 Å². The Labute approximate surface area is 167 Å². The van der Waals surface area contributed by atoms with E-state index < -0.39 is 10.0 Å². The fraction of sp³-hybridized carbons (Fsp3) is 0.381. The number of anilines is 1. The topological polar surface area (TPSA) is 75.7 Å². The van der Waals surface area contributed by atoms with Crippen molar-refractivity contribution >= 4 is 21.6 Å². The summed E-state index contributed by atoms with van der Waals surface area (Å²) in [5.41, 5.74) is 2.11. The minimum atomic E-state index is -3.71. The summed E-state index contributed by atoms with van der Waals surface area (Å²) >= 11 is 0. The molecule has 2 rings (SSSR count). The summed E-state index contributed by atoms with van der Waals surface area (Å²) in [6.07, 6.45) is 3.22. The SMILES string of the molecule is CCCCc1ccc(C(=O)Nc2ccc(OCC)c(S(=O)(=O)N(C)C)c2)cc1. The third-order valence-corrected chi connectivity index (χ3v) is 6.13. The summed E-state index contributed by atoms with van der Waals surface area (Å²) in [6, 6.07) is 12.1. The first-order chi connectivity index (χ1) is 13.3. The van der Waals surface area contributed by atoms with Crippen LogP contribution in [-0.2, 0) is 16.4 Å². The zero-order valence-electron chi connectivity index (χ0n) is 16.9. The van der Waals surface area contributed by atoms with Crippen molar-refractivity contribution in [2.75, 3.05) is 26.0 Å². The minimum Gasteiger partial charge on any atom is -0.492 e. The number of carbonyl (C=O) groups excluding carboxylic acids is 1. The number of unbranched alkanes of at least 4 members (excludes halogenated alkanes) is 1. The Hall–Kier alpha value is -2.38. The molecule has 1 amide bonds. The van der Waals surface area contributed by atoms with Crippen LogP contribution in [0, 0.1) is 0 Å². The van der Waals surface area contributed by atoms with Gasteiger partial charge < -0.3 is 10.1 Å². The molecular formula is C21H28N2O4S. The van der Waals surface area contributed by atoms with Gasteiger partial charge in [0, 0.05) is 25.3 Å². The van der Waals surface area contributed by atoms with Crippen molar-refractivity contribution in [2.45, 2.75) is 38.0 Å². The third kappa shape index (κ3) is 5.33. The lowest BCUT2D eigenvalue weighted by Gasteiger charge is -2.16. The van der Waals surface area contributed by atoms with Crippen LogP contribution in [0.25, 0.3) is 0 Å². The zero-order chi connectivity index (χ0) is 20.7. The van der Waals surface area contributed by atoms with Crippen molar-refractivity contribution < 1.29 is 17.9 Å². The van der Waals surface area contributed by atoms with Crippen LogP contribution in [0.5, 0.6) is 5.75 Å². The molecule has 0 bridgehead atoms. The van der Waals surface area contributed by atoms with E-state index in [9.17, 15) is 13.2 Å². The first kappa shape index (κ1) is 21.9. The highest BCUT2D eigenvalue weighted by molar-refractivity contribution is 7.89. The summed E-state index contributed by atoms with van der Waals surface area (Å²) < 4.78 is 31.7. The maximum absolute atomic E-state index is 12.6. The second kappa shape index (κ2) is 9.71. The van der Waals surface area contributed by atoms with Crippen LogP contribution in [0.2, 0.25) is 0 Å². The largest absolute Gasteiger partial charge is 0.492 e. The summed E-state index contributed by atoms with van der Waals surface area (Å²) in [4.78, 5) is 12.6. The van der Waals surface area contributed by atoms with Crippen molar-refractivity contribution in [2.24, 2.45) is 0 Å². The van der Waals surface area contributed by atoms with Gasteiger partial charge in [-0.05, 0) is 55.7 Å². The maximum atomic E-state index is 12.6. The number of aryl methyl sites for hydroxylation is 1. The van der Waals surface area contributed by atoms with E-state index in [0.717, 1.165) is 23.6 Å². The first-order valence-electron chi connectivity index (χ1n) is 9.39. The van der Waals surface area contributed by atoms with E-state index >= 15 is 0 Å². The van der Waals surface area contributed by atoms with E-state index in [1.54, 1.807) is 31.2 Å². The number of carbonyl (C=O) groups is 1. The van der Waals surface area contributed by atoms with E-state index in [1.165, 1.54) is 25.7 Å². The van der Waals surface area contributed by atoms with Gasteiger partial charge in [0.1, 0.15) is 10.6 Å². The molecule has 0 aliphatic heterocycles. The molecule has 0 aliphatic carbocycles. The van der Waals surface area contributed by atoms with Crippen LogP contribution < -0.4 is 10.1 Å². The van der Waals surface area contributed by atoms with Gasteiger partial charge in [0.15, 0.2) is 0 Å². The lowest BCUT2D eigenvalue weighted by Crippen LogP contribution is -2.23. The Balaban J connectivity index is 2.25. The van der Waals surface area contributed by atoms with Gasteiger partial charge in [0.25, 0.3) is 5.91 Å². The van der Waals surface area contributed by atoms with Gasteiger partial charge in [0.2, 0.25) is 10.0 Å². The molecule has 0 unspecified atom stereocenters. The van der Waals surface area contributed by atoms with Crippen LogP contribution in [0.1, 0.15) is 42.6 Å². The molecule has 0 fully saturated rings. The lowest BCUT2D eigenvalue weighted by molar-refractivity contribution is 0.102. The Bertz CT molecular complexity index is 907. The number of benzene rings is 2. The van der Waals surface area contributed by atoms with Crippen LogP contribution >= 0.6 is 0 Å². The quantitative estimate of drug-likeness (QED) is 0.687. The number of rotatable bonds is 9. The second-order valence-electron chi connectivity index (χ2n) is 6.64. The van der Waals surface area contributed by atoms with Crippen molar-refractivity contribution in [3.05, 3.63) is 53.6 Å². The number of amides is 1. The number of ether oxygens (including phenoxy) is 1. The fourth-order valence-electron chi connectivity index (χ4n) is 2.67. The maximum Gasteiger partial charge on any atom is 0.255 e. The fourth-order valence-corrected chi connectivity index (χ4v) is 3.72. The summed E-state index contributed by atoms with van der Waals surface area (Å²) in [5.74, 6) is -0.0334. The average molecular weight is 405 g/mol. The van der Waals surface area contributed by atoms with E-state index in [1.807, 2.05) is 12.1 Å². The van der Waals surface area contributed by atoms with Crippen LogP contribution in [-0.4, -0.2) is 39.3 Å². The van der Waals surface area contributed by atoms with E-state index in [2.05, 4.69) is 12.2 Å². The normalized spacial score (nSPS) is 11.5. The predicted molar refractivity (Wildman–Crippen MR) is 111 cm³/mol. The average Bonchev–Trinajstić information content (AvgIpc) is 2.67. The van der Waals surface area contributed by atoms with Gasteiger partial charge in [-0.2, -0.15) is 0 Å². The molecule has 0 spiro atoms. The summed E-state index contributed by atoms with van der Waals surface area (Å²) in [6.45, 7) is 4.27. The standard InChI is InChI=1S/C21H28N2O4S/c1-5-7-8-16-9-11-17(12-10-16)21(24)22-18-13-14-19(27-6-2)20(15-18)28(25,26)23(3)4/h9-15H,5-8H2,1-4H3,(H,22,24). The van der Waals surface area contributed by atoms with E-state index in [0.29, 0.717) is 17.9 Å². The molecule has 0 aromatic heterocycles. The number of nitrogens with one attached hydrogen (secondary N) is 1. The summed E-state index contributed by atoms with van der Waals surface area (Å²) in [7, 11) is -0.801. The third-order valence-electron chi connectivity index (χ3n) is 4.30. The zero-order valence-corrected chi connectivity index (χ0v) is 17.7. The molecule has 0 heterocycles. The Morgan fingerprint density at radius 3 is 2.32 bits per heavy atom. The minimum absolute atomic E-state index is 0.0204. The monoisotopic (exact) mass is 404 g/mol. The molecular weight excluding hydrogens is 376 g/mol. The highest BCUT2D eigenvalue weighted by Crippen LogP contribution is 2.29. The molecule has 0 saturated carbocycles. The molecule has 0 saturated heterocycles. The molecule has 0 aliphatic rings. The van der Waals surface area contributed by atoms with Crippen molar-refractivity contribution in [3.8, 4) is 5.75 Å². The van der Waals surface area contributed by atoms with Gasteiger partial charge in [0.05, 0.1) is 6.61 Å². The van der Waals surface area contributed by atoms with Crippen molar-refractivity contribution in [1.82, 2.24) is 4.31 Å². The number of hydrogen-bond acceptors (Lipinski definition) is 4. The van der Waals surface area contributed by atoms with Gasteiger partial charge in [-0.1, -0.05) is 25.5 Å². The first-order valence-corrected chi connectivity index (χ1v) is 10.8. The number of nitrogens with zero attached hydrogens (tertiary/aromatic N) is 1. The summed E-state index contributed by atoms with van der Waals surface area (Å²) in [5, 5.41) is 2.76. The molecule has 1 N–H and O–H groups in total. The second-order valence-corrected chi connectivity index (χ2v) is 8.76. The van der Waals surface area contributed by atoms with Gasteiger partial charge >= 0.3 is 0 Å². The van der Waals surface area contributed by atoms with Crippen LogP contribution in [0.4, 0.5) is 5.69 Å². The smallest absolute Gasteiger partial charge is 0.255 e. The van der Waals surface area contributed by atoms with Gasteiger partial charge in [-0.3, -0.25) is 4.79 Å². The molecule has 2 aromatic rings. The molecule has 7 heteroatoms. The number of sulfonamides is 1. The van der Waals surface area contributed by atoms with E-state index in [-0.39, 0.29) is 16.6 Å². The Morgan fingerprint density at radius 2 is 1.75 bits per heavy atom. The Morgan fingerprint density at radius 1 is 1.07 bits per heavy atom. The van der Waals surface area contributed by atoms with Gasteiger partial charge in [-0.25, -0.2) is 12.7 Å². The highest BCUT2D eigenvalue weighted by Gasteiger charge is 2.23. The van der Waals surface area contributed by atoms with Crippen molar-refractivity contribution in [3.63, 3.8) is 0 Å². The molecule has 0 radical (unpaired) electrons. The Kier molecular flexibility index (Phi) is 7.60. The van der Waals surface area contributed by atoms with Crippen molar-refractivity contribution in [1.29, 1.82) is 0 Å². The number of hydrogen-bond donors (Lipinski definition) is 1. The molecule has 152 valence electrons. The molecule has 28 heavy (non-hydrogen) atoms. The molecule has 6 nitrogen and oxygen atoms in total. The lowest BCUT2D eigenvalue weighted by atomic mass is 10.1. The highest BCUT2D eigenvalue weighted by atomic mass is 32.2. The van der Waals surface area contributed by atoms with Crippen LogP contribution in [0.15, 0.2) is 47.4 Å². The predicted octanol–water partition coefficient (Wildman–Crippen LogP) is 3.93. The molecule has 2 aromatic carbocycles. The van der Waals surface area contributed by atoms with E-state index in [4.69, 9.17) is 4.74 Å². The van der Waals surface area contributed by atoms with Crippen LogP contribution in [0.3, 0.4) is 0 Å².